The molecule has 3 N–H and O–H groups in total. The molecule has 6 heteroatoms. The van der Waals surface area contributed by atoms with Gasteiger partial charge >= 0.3 is 0 Å². The van der Waals surface area contributed by atoms with E-state index in [1.807, 2.05) is 0 Å². The van der Waals surface area contributed by atoms with Gasteiger partial charge in [0.25, 0.3) is 0 Å². The first-order valence-electron chi connectivity index (χ1n) is 1.71. The molecule has 0 saturated carbocycles. The van der Waals surface area contributed by atoms with Crippen LogP contribution in [0.4, 0.5) is 0 Å². The van der Waals surface area contributed by atoms with Gasteiger partial charge in [-0.15, -0.1) is 50.9 Å². The zero-order chi connectivity index (χ0) is 4.99. The number of hydrogen-bond acceptors (Lipinski definition) is 3. The van der Waals surface area contributed by atoms with E-state index >= 15 is 0 Å². The SMILES string of the molecule is Br.Br.Br.OCC(O)CO. The van der Waals surface area contributed by atoms with Crippen molar-refractivity contribution in [1.29, 1.82) is 0 Å². The average molecular weight is 335 g/mol. The van der Waals surface area contributed by atoms with Gasteiger partial charge in [0.15, 0.2) is 0 Å². The lowest BCUT2D eigenvalue weighted by molar-refractivity contribution is 0.0450. The van der Waals surface area contributed by atoms with E-state index in [0.29, 0.717) is 0 Å². The monoisotopic (exact) mass is 332 g/mol. The topological polar surface area (TPSA) is 60.7 Å². The third kappa shape index (κ3) is 17.6. The molecule has 0 radical (unpaired) electrons. The molecule has 0 bridgehead atoms. The van der Waals surface area contributed by atoms with Crippen LogP contribution in [0.1, 0.15) is 0 Å². The second-order valence-electron chi connectivity index (χ2n) is 1.02. The van der Waals surface area contributed by atoms with Crippen LogP contribution in [0.2, 0.25) is 0 Å². The number of rotatable bonds is 2. The van der Waals surface area contributed by atoms with E-state index in [4.69, 9.17) is 15.3 Å². The second kappa shape index (κ2) is 16.2. The van der Waals surface area contributed by atoms with Crippen LogP contribution in [0.5, 0.6) is 0 Å². The standard InChI is InChI=1S/C3H8O3.3BrH/c4-1-3(6)2-5;;;/h3-6H,1-2H2;3*1H. The molecule has 0 fully saturated rings. The third-order valence-corrected chi connectivity index (χ3v) is 0.421. The molecular weight excluding hydrogens is 324 g/mol. The van der Waals surface area contributed by atoms with Crippen LogP contribution in [0.15, 0.2) is 0 Å². The smallest absolute Gasteiger partial charge is 0.100 e. The Morgan fingerprint density at radius 2 is 1.11 bits per heavy atom. The minimum Gasteiger partial charge on any atom is -0.394 e. The first-order chi connectivity index (χ1) is 2.81. The summed E-state index contributed by atoms with van der Waals surface area (Å²) < 4.78 is 0. The highest BCUT2D eigenvalue weighted by molar-refractivity contribution is 8.93. The van der Waals surface area contributed by atoms with Crippen LogP contribution < -0.4 is 0 Å². The molecule has 3 nitrogen and oxygen atoms in total. The molecule has 0 saturated heterocycles. The molecular formula is C3H11Br3O3. The van der Waals surface area contributed by atoms with Crippen molar-refractivity contribution in [2.45, 2.75) is 6.10 Å². The van der Waals surface area contributed by atoms with Crippen molar-refractivity contribution in [2.24, 2.45) is 0 Å². The molecule has 0 aliphatic carbocycles. The summed E-state index contributed by atoms with van der Waals surface area (Å²) in [5, 5.41) is 24.0. The fourth-order valence-corrected chi connectivity index (χ4v) is 0.0577. The summed E-state index contributed by atoms with van der Waals surface area (Å²) in [7, 11) is 0. The molecule has 62 valence electrons. The maximum Gasteiger partial charge on any atom is 0.100 e. The molecule has 0 amide bonds. The molecule has 0 rings (SSSR count). The van der Waals surface area contributed by atoms with Gasteiger partial charge in [0, 0.05) is 0 Å². The highest BCUT2D eigenvalue weighted by atomic mass is 79.9. The van der Waals surface area contributed by atoms with Gasteiger partial charge in [-0.2, -0.15) is 0 Å². The van der Waals surface area contributed by atoms with Crippen molar-refractivity contribution in [3.05, 3.63) is 0 Å². The summed E-state index contributed by atoms with van der Waals surface area (Å²) in [6, 6.07) is 0. The third-order valence-electron chi connectivity index (χ3n) is 0.421. The lowest BCUT2D eigenvalue weighted by atomic mass is 10.4. The Morgan fingerprint density at radius 3 is 1.11 bits per heavy atom. The van der Waals surface area contributed by atoms with Gasteiger partial charge in [0.2, 0.25) is 0 Å². The van der Waals surface area contributed by atoms with Crippen molar-refractivity contribution in [3.8, 4) is 0 Å². The van der Waals surface area contributed by atoms with E-state index in [9.17, 15) is 0 Å². The molecule has 0 heterocycles. The zero-order valence-corrected chi connectivity index (χ0v) is 9.70. The Balaban J connectivity index is -0.0000000417. The second-order valence-corrected chi connectivity index (χ2v) is 1.02. The van der Waals surface area contributed by atoms with Gasteiger partial charge in [0.1, 0.15) is 6.10 Å². The lowest BCUT2D eigenvalue weighted by Crippen LogP contribution is -2.15. The number of aliphatic hydroxyl groups excluding tert-OH is 3. The Labute approximate surface area is 85.4 Å². The number of aliphatic hydroxyl groups is 3. The van der Waals surface area contributed by atoms with Gasteiger partial charge < -0.3 is 15.3 Å². The van der Waals surface area contributed by atoms with Gasteiger partial charge in [-0.25, -0.2) is 0 Å². The Hall–Kier alpha value is 1.32. The molecule has 0 aromatic heterocycles. The highest BCUT2D eigenvalue weighted by Crippen LogP contribution is 1.71. The first kappa shape index (κ1) is 22.4. The van der Waals surface area contributed by atoms with Crippen molar-refractivity contribution in [2.75, 3.05) is 13.2 Å². The predicted molar refractivity (Wildman–Crippen MR) is 51.1 cm³/mol. The fraction of sp³-hybridized carbons (Fsp3) is 1.00. The van der Waals surface area contributed by atoms with E-state index in [1.165, 1.54) is 0 Å². The minimum absolute atomic E-state index is 0. The van der Waals surface area contributed by atoms with Crippen molar-refractivity contribution >= 4 is 50.9 Å². The molecule has 0 spiro atoms. The highest BCUT2D eigenvalue weighted by Gasteiger charge is 1.93. The van der Waals surface area contributed by atoms with Crippen LogP contribution >= 0.6 is 50.9 Å². The maximum absolute atomic E-state index is 8.17. The van der Waals surface area contributed by atoms with Crippen LogP contribution in [-0.4, -0.2) is 34.6 Å². The first-order valence-corrected chi connectivity index (χ1v) is 1.71. The normalized spacial score (nSPS) is 6.67. The average Bonchev–Trinajstić information content (AvgIpc) is 1.65. The van der Waals surface area contributed by atoms with E-state index in [0.717, 1.165) is 0 Å². The molecule has 0 aliphatic heterocycles. The van der Waals surface area contributed by atoms with E-state index in [1.54, 1.807) is 0 Å². The molecule has 0 atom stereocenters. The van der Waals surface area contributed by atoms with Crippen molar-refractivity contribution < 1.29 is 15.3 Å². The summed E-state index contributed by atoms with van der Waals surface area (Å²) in [6.07, 6.45) is -0.954. The fourth-order valence-electron chi connectivity index (χ4n) is 0.0577. The van der Waals surface area contributed by atoms with Crippen LogP contribution in [-0.2, 0) is 0 Å². The summed E-state index contributed by atoms with van der Waals surface area (Å²) in [4.78, 5) is 0. The number of halogens is 3. The van der Waals surface area contributed by atoms with Crippen LogP contribution in [0, 0.1) is 0 Å². The van der Waals surface area contributed by atoms with E-state index in [-0.39, 0.29) is 64.2 Å². The molecule has 0 unspecified atom stereocenters. The quantitative estimate of drug-likeness (QED) is 0.669. The van der Waals surface area contributed by atoms with Gasteiger partial charge in [-0.05, 0) is 0 Å². The zero-order valence-electron chi connectivity index (χ0n) is 4.56. The van der Waals surface area contributed by atoms with Gasteiger partial charge in [0.05, 0.1) is 13.2 Å². The Bertz CT molecular complexity index is 33.5. The summed E-state index contributed by atoms with van der Waals surface area (Å²) in [5.41, 5.74) is 0. The number of hydrogen-bond donors (Lipinski definition) is 3. The Kier molecular flexibility index (Phi) is 40.3. The van der Waals surface area contributed by atoms with E-state index < -0.39 is 6.10 Å². The maximum atomic E-state index is 8.17. The van der Waals surface area contributed by atoms with Crippen molar-refractivity contribution in [1.82, 2.24) is 0 Å². The van der Waals surface area contributed by atoms with Crippen molar-refractivity contribution in [3.63, 3.8) is 0 Å². The van der Waals surface area contributed by atoms with E-state index in [2.05, 4.69) is 0 Å². The molecule has 0 aromatic carbocycles. The predicted octanol–water partition coefficient (Wildman–Crippen LogP) is 0.0656. The summed E-state index contributed by atoms with van der Waals surface area (Å²) >= 11 is 0. The molecule has 0 aliphatic rings. The Morgan fingerprint density at radius 1 is 0.889 bits per heavy atom. The van der Waals surface area contributed by atoms with Gasteiger partial charge in [-0.1, -0.05) is 0 Å². The summed E-state index contributed by atoms with van der Waals surface area (Å²) in [6.45, 7) is -0.729. The minimum atomic E-state index is -0.954. The molecule has 0 aromatic rings. The lowest BCUT2D eigenvalue weighted by Gasteiger charge is -1.96. The largest absolute Gasteiger partial charge is 0.394 e. The summed E-state index contributed by atoms with van der Waals surface area (Å²) in [5.74, 6) is 0. The molecule has 9 heavy (non-hydrogen) atoms. The van der Waals surface area contributed by atoms with Gasteiger partial charge in [-0.3, -0.25) is 0 Å². The van der Waals surface area contributed by atoms with Crippen LogP contribution in [0.3, 0.4) is 0 Å². The van der Waals surface area contributed by atoms with Crippen LogP contribution in [0.25, 0.3) is 0 Å².